The van der Waals surface area contributed by atoms with E-state index in [1.807, 2.05) is 24.4 Å². The molecule has 0 fully saturated rings. The second-order valence-corrected chi connectivity index (χ2v) is 2.56. The maximum absolute atomic E-state index is 3.55. The molecule has 0 saturated carbocycles. The van der Waals surface area contributed by atoms with Crippen molar-refractivity contribution in [1.82, 2.24) is 5.32 Å². The smallest absolute Gasteiger partial charge is 0.00103 e. The van der Waals surface area contributed by atoms with Gasteiger partial charge in [0.15, 0.2) is 0 Å². The largest absolute Gasteiger partial charge is 0.368 e. The Morgan fingerprint density at radius 2 is 2.08 bits per heavy atom. The lowest BCUT2D eigenvalue weighted by molar-refractivity contribution is 1.21. The molecule has 1 heteroatoms. The molecule has 1 aromatic carbocycles. The minimum atomic E-state index is 1.23. The Hall–Kier alpha value is -1.50. The summed E-state index contributed by atoms with van der Waals surface area (Å²) in [7, 11) is 0. The molecule has 0 bridgehead atoms. The molecule has 0 atom stereocenters. The fraction of sp³-hybridized carbons (Fsp3) is 0.0909. The molecule has 0 aromatic heterocycles. The maximum atomic E-state index is 3.55. The second kappa shape index (κ2) is 4.39. The van der Waals surface area contributed by atoms with E-state index in [1.165, 1.54) is 11.1 Å². The highest BCUT2D eigenvalue weighted by molar-refractivity contribution is 5.52. The first-order valence-corrected chi connectivity index (χ1v) is 3.93. The van der Waals surface area contributed by atoms with E-state index < -0.39 is 0 Å². The van der Waals surface area contributed by atoms with Crippen LogP contribution in [-0.2, 0) is 0 Å². The summed E-state index contributed by atoms with van der Waals surface area (Å²) in [6, 6.07) is 8.23. The van der Waals surface area contributed by atoms with Crippen molar-refractivity contribution < 1.29 is 0 Å². The van der Waals surface area contributed by atoms with Crippen LogP contribution in [-0.4, -0.2) is 0 Å². The van der Waals surface area contributed by atoms with E-state index in [0.717, 1.165) is 0 Å². The van der Waals surface area contributed by atoms with E-state index in [4.69, 9.17) is 0 Å². The predicted octanol–water partition coefficient (Wildman–Crippen LogP) is 2.70. The zero-order valence-corrected chi connectivity index (χ0v) is 7.25. The molecule has 1 N–H and O–H groups in total. The maximum Gasteiger partial charge on any atom is 0.00103 e. The first-order chi connectivity index (χ1) is 5.84. The van der Waals surface area contributed by atoms with Crippen LogP contribution >= 0.6 is 0 Å². The summed E-state index contributed by atoms with van der Waals surface area (Å²) in [5.41, 5.74) is 2.51. The molecule has 0 amide bonds. The Morgan fingerprint density at radius 1 is 1.33 bits per heavy atom. The fourth-order valence-corrected chi connectivity index (χ4v) is 0.980. The zero-order valence-electron chi connectivity index (χ0n) is 7.25. The van der Waals surface area contributed by atoms with Gasteiger partial charge in [0.2, 0.25) is 0 Å². The highest BCUT2D eigenvalue weighted by Gasteiger charge is 1.88. The average Bonchev–Trinajstić information content (AvgIpc) is 2.09. The van der Waals surface area contributed by atoms with Gasteiger partial charge < -0.3 is 5.32 Å². The van der Waals surface area contributed by atoms with E-state index in [0.29, 0.717) is 0 Å². The lowest BCUT2D eigenvalue weighted by atomic mass is 10.1. The quantitative estimate of drug-likeness (QED) is 0.715. The van der Waals surface area contributed by atoms with Gasteiger partial charge in [-0.1, -0.05) is 30.8 Å². The van der Waals surface area contributed by atoms with E-state index >= 15 is 0 Å². The SMILES string of the molecule is C=CN/C=C\c1ccccc1C. The first-order valence-electron chi connectivity index (χ1n) is 3.93. The van der Waals surface area contributed by atoms with Gasteiger partial charge >= 0.3 is 0 Å². The van der Waals surface area contributed by atoms with E-state index in [1.54, 1.807) is 6.20 Å². The number of aryl methyl sites for hydroxylation is 1. The van der Waals surface area contributed by atoms with Gasteiger partial charge in [0.25, 0.3) is 0 Å². The standard InChI is InChI=1S/C11H13N/c1-3-12-9-8-11-7-5-4-6-10(11)2/h3-9,12H,1H2,2H3/b9-8-. The topological polar surface area (TPSA) is 12.0 Å². The highest BCUT2D eigenvalue weighted by Crippen LogP contribution is 2.07. The number of nitrogens with one attached hydrogen (secondary N) is 1. The molecule has 0 saturated heterocycles. The van der Waals surface area contributed by atoms with Crippen LogP contribution in [0.3, 0.4) is 0 Å². The lowest BCUT2D eigenvalue weighted by Crippen LogP contribution is -1.89. The van der Waals surface area contributed by atoms with Crippen LogP contribution in [0.25, 0.3) is 6.08 Å². The van der Waals surface area contributed by atoms with Gasteiger partial charge in [-0.2, -0.15) is 0 Å². The molecule has 0 heterocycles. The molecule has 0 aliphatic heterocycles. The van der Waals surface area contributed by atoms with Crippen molar-refractivity contribution in [2.45, 2.75) is 6.92 Å². The minimum Gasteiger partial charge on any atom is -0.368 e. The number of rotatable bonds is 3. The normalized spacial score (nSPS) is 10.1. The van der Waals surface area contributed by atoms with Gasteiger partial charge in [-0.05, 0) is 30.3 Å². The summed E-state index contributed by atoms with van der Waals surface area (Å²) >= 11 is 0. The van der Waals surface area contributed by atoms with E-state index in [9.17, 15) is 0 Å². The number of hydrogen-bond acceptors (Lipinski definition) is 1. The zero-order chi connectivity index (χ0) is 8.81. The Morgan fingerprint density at radius 3 is 2.75 bits per heavy atom. The van der Waals surface area contributed by atoms with E-state index in [2.05, 4.69) is 31.0 Å². The Bertz CT molecular complexity index is 287. The minimum absolute atomic E-state index is 1.23. The summed E-state index contributed by atoms with van der Waals surface area (Å²) < 4.78 is 0. The van der Waals surface area contributed by atoms with Gasteiger partial charge in [0.05, 0.1) is 0 Å². The Labute approximate surface area is 73.4 Å². The van der Waals surface area contributed by atoms with Crippen LogP contribution in [0.5, 0.6) is 0 Å². The molecule has 62 valence electrons. The summed E-state index contributed by atoms with van der Waals surface area (Å²) in [5, 5.41) is 2.91. The molecule has 0 spiro atoms. The van der Waals surface area contributed by atoms with Crippen molar-refractivity contribution in [2.75, 3.05) is 0 Å². The fourth-order valence-electron chi connectivity index (χ4n) is 0.980. The third kappa shape index (κ3) is 2.27. The van der Waals surface area contributed by atoms with Crippen LogP contribution in [0, 0.1) is 6.92 Å². The van der Waals surface area contributed by atoms with Crippen molar-refractivity contribution in [3.63, 3.8) is 0 Å². The third-order valence-electron chi connectivity index (χ3n) is 1.67. The predicted molar refractivity (Wildman–Crippen MR) is 53.5 cm³/mol. The molecule has 0 unspecified atom stereocenters. The molecule has 1 nitrogen and oxygen atoms in total. The molecule has 1 rings (SSSR count). The van der Waals surface area contributed by atoms with Gasteiger partial charge in [0, 0.05) is 6.20 Å². The lowest BCUT2D eigenvalue weighted by Gasteiger charge is -1.97. The summed E-state index contributed by atoms with van der Waals surface area (Å²) in [6.07, 6.45) is 5.54. The van der Waals surface area contributed by atoms with Crippen LogP contribution in [0.1, 0.15) is 11.1 Å². The first kappa shape index (κ1) is 8.60. The molecule has 0 radical (unpaired) electrons. The van der Waals surface area contributed by atoms with Gasteiger partial charge in [-0.3, -0.25) is 0 Å². The number of benzene rings is 1. The average molecular weight is 159 g/mol. The Balaban J connectivity index is 2.74. The summed E-state index contributed by atoms with van der Waals surface area (Å²) in [6.45, 7) is 5.64. The van der Waals surface area contributed by atoms with Crippen molar-refractivity contribution in [3.8, 4) is 0 Å². The van der Waals surface area contributed by atoms with Crippen LogP contribution in [0.15, 0.2) is 43.2 Å². The van der Waals surface area contributed by atoms with Crippen molar-refractivity contribution >= 4 is 6.08 Å². The third-order valence-corrected chi connectivity index (χ3v) is 1.67. The molecular formula is C11H13N. The summed E-state index contributed by atoms with van der Waals surface area (Å²) in [5.74, 6) is 0. The van der Waals surface area contributed by atoms with Gasteiger partial charge in [-0.25, -0.2) is 0 Å². The number of hydrogen-bond donors (Lipinski definition) is 1. The Kier molecular flexibility index (Phi) is 3.15. The molecule has 12 heavy (non-hydrogen) atoms. The monoisotopic (exact) mass is 159 g/mol. The summed E-state index contributed by atoms with van der Waals surface area (Å²) in [4.78, 5) is 0. The van der Waals surface area contributed by atoms with Crippen LogP contribution in [0.4, 0.5) is 0 Å². The van der Waals surface area contributed by atoms with Gasteiger partial charge in [-0.15, -0.1) is 0 Å². The van der Waals surface area contributed by atoms with Crippen LogP contribution in [0.2, 0.25) is 0 Å². The molecular weight excluding hydrogens is 146 g/mol. The molecule has 0 aliphatic rings. The van der Waals surface area contributed by atoms with Crippen molar-refractivity contribution in [1.29, 1.82) is 0 Å². The molecule has 1 aromatic rings. The van der Waals surface area contributed by atoms with Crippen molar-refractivity contribution in [3.05, 3.63) is 54.4 Å². The molecule has 0 aliphatic carbocycles. The van der Waals surface area contributed by atoms with Crippen LogP contribution < -0.4 is 5.32 Å². The van der Waals surface area contributed by atoms with Crippen molar-refractivity contribution in [2.24, 2.45) is 0 Å². The highest BCUT2D eigenvalue weighted by atomic mass is 14.8. The van der Waals surface area contributed by atoms with Gasteiger partial charge in [0.1, 0.15) is 0 Å². The second-order valence-electron chi connectivity index (χ2n) is 2.56. The van der Waals surface area contributed by atoms with E-state index in [-0.39, 0.29) is 0 Å².